The second-order valence-electron chi connectivity index (χ2n) is 4.31. The van der Waals surface area contributed by atoms with Crippen LogP contribution in [-0.2, 0) is 16.0 Å². The van der Waals surface area contributed by atoms with Crippen molar-refractivity contribution in [3.63, 3.8) is 0 Å². The molecule has 18 heavy (non-hydrogen) atoms. The third-order valence-corrected chi connectivity index (χ3v) is 2.96. The number of ether oxygens (including phenoxy) is 1. The summed E-state index contributed by atoms with van der Waals surface area (Å²) in [4.78, 5) is 15.5. The van der Waals surface area contributed by atoms with Crippen LogP contribution in [-0.4, -0.2) is 24.6 Å². The van der Waals surface area contributed by atoms with Crippen LogP contribution in [0.1, 0.15) is 30.5 Å². The van der Waals surface area contributed by atoms with E-state index in [9.17, 15) is 4.79 Å². The normalized spacial score (nSPS) is 12.7. The van der Waals surface area contributed by atoms with Gasteiger partial charge in [0, 0.05) is 24.2 Å². The summed E-state index contributed by atoms with van der Waals surface area (Å²) in [7, 11) is 1.42. The summed E-state index contributed by atoms with van der Waals surface area (Å²) >= 11 is 0. The Balaban J connectivity index is 1.83. The first-order chi connectivity index (χ1) is 8.79. The van der Waals surface area contributed by atoms with Gasteiger partial charge in [0.1, 0.15) is 5.82 Å². The molecule has 2 rings (SSSR count). The number of nitrogens with one attached hydrogen (secondary N) is 1. The SMILES string of the molecule is COC(=O)CCCCc1ccc2c(n1)NCC=C2. The van der Waals surface area contributed by atoms with Crippen LogP contribution in [0.2, 0.25) is 0 Å². The Morgan fingerprint density at radius 1 is 1.44 bits per heavy atom. The number of hydrogen-bond donors (Lipinski definition) is 1. The average Bonchev–Trinajstić information content (AvgIpc) is 2.43. The van der Waals surface area contributed by atoms with Crippen molar-refractivity contribution in [2.75, 3.05) is 19.0 Å². The Morgan fingerprint density at radius 2 is 2.33 bits per heavy atom. The van der Waals surface area contributed by atoms with Crippen LogP contribution in [0, 0.1) is 0 Å². The van der Waals surface area contributed by atoms with Gasteiger partial charge in [0.2, 0.25) is 0 Å². The molecule has 1 aliphatic rings. The lowest BCUT2D eigenvalue weighted by Crippen LogP contribution is -2.08. The molecular formula is C14H18N2O2. The molecule has 96 valence electrons. The molecule has 4 nitrogen and oxygen atoms in total. The van der Waals surface area contributed by atoms with E-state index >= 15 is 0 Å². The number of rotatable bonds is 5. The van der Waals surface area contributed by atoms with Gasteiger partial charge < -0.3 is 10.1 Å². The topological polar surface area (TPSA) is 51.2 Å². The lowest BCUT2D eigenvalue weighted by atomic mass is 10.1. The summed E-state index contributed by atoms with van der Waals surface area (Å²) in [5.41, 5.74) is 2.21. The second kappa shape index (κ2) is 6.19. The first-order valence-electron chi connectivity index (χ1n) is 6.27. The summed E-state index contributed by atoms with van der Waals surface area (Å²) < 4.78 is 4.60. The lowest BCUT2D eigenvalue weighted by Gasteiger charge is -2.12. The van der Waals surface area contributed by atoms with Crippen LogP contribution in [0.5, 0.6) is 0 Å². The maximum absolute atomic E-state index is 11.0. The highest BCUT2D eigenvalue weighted by molar-refractivity contribution is 5.69. The Hall–Kier alpha value is -1.84. The minimum Gasteiger partial charge on any atom is -0.469 e. The van der Waals surface area contributed by atoms with Crippen molar-refractivity contribution in [3.8, 4) is 0 Å². The summed E-state index contributed by atoms with van der Waals surface area (Å²) in [6, 6.07) is 4.13. The lowest BCUT2D eigenvalue weighted by molar-refractivity contribution is -0.140. The van der Waals surface area contributed by atoms with Crippen LogP contribution in [0.3, 0.4) is 0 Å². The van der Waals surface area contributed by atoms with E-state index in [-0.39, 0.29) is 5.97 Å². The highest BCUT2D eigenvalue weighted by Crippen LogP contribution is 2.19. The van der Waals surface area contributed by atoms with Crippen molar-refractivity contribution < 1.29 is 9.53 Å². The van der Waals surface area contributed by atoms with Crippen LogP contribution < -0.4 is 5.32 Å². The molecule has 0 fully saturated rings. The zero-order chi connectivity index (χ0) is 12.8. The first-order valence-corrected chi connectivity index (χ1v) is 6.27. The fourth-order valence-electron chi connectivity index (χ4n) is 1.94. The first kappa shape index (κ1) is 12.6. The molecule has 1 aromatic heterocycles. The molecule has 0 radical (unpaired) electrons. The van der Waals surface area contributed by atoms with Crippen LogP contribution in [0.4, 0.5) is 5.82 Å². The highest BCUT2D eigenvalue weighted by atomic mass is 16.5. The number of esters is 1. The van der Waals surface area contributed by atoms with E-state index in [1.807, 2.05) is 6.07 Å². The molecule has 1 aromatic rings. The van der Waals surface area contributed by atoms with Crippen LogP contribution in [0.25, 0.3) is 6.08 Å². The smallest absolute Gasteiger partial charge is 0.305 e. The standard InChI is InChI=1S/C14H18N2O2/c1-18-13(17)7-3-2-6-12-9-8-11-5-4-10-15-14(11)16-12/h4-5,8-9H,2-3,6-7,10H2,1H3,(H,15,16). The van der Waals surface area contributed by atoms with Gasteiger partial charge in [-0.3, -0.25) is 4.79 Å². The average molecular weight is 246 g/mol. The molecule has 0 aliphatic carbocycles. The van der Waals surface area contributed by atoms with E-state index in [0.717, 1.165) is 42.9 Å². The Bertz CT molecular complexity index is 455. The van der Waals surface area contributed by atoms with Gasteiger partial charge in [-0.15, -0.1) is 0 Å². The van der Waals surface area contributed by atoms with Crippen molar-refractivity contribution in [1.29, 1.82) is 0 Å². The second-order valence-corrected chi connectivity index (χ2v) is 4.31. The molecule has 0 atom stereocenters. The molecule has 0 unspecified atom stereocenters. The number of carbonyl (C=O) groups excluding carboxylic acids is 1. The van der Waals surface area contributed by atoms with Gasteiger partial charge in [0.25, 0.3) is 0 Å². The largest absolute Gasteiger partial charge is 0.469 e. The Morgan fingerprint density at radius 3 is 3.17 bits per heavy atom. The fourth-order valence-corrected chi connectivity index (χ4v) is 1.94. The van der Waals surface area contributed by atoms with Crippen molar-refractivity contribution in [2.24, 2.45) is 0 Å². The number of carbonyl (C=O) groups is 1. The third kappa shape index (κ3) is 3.32. The predicted molar refractivity (Wildman–Crippen MR) is 71.3 cm³/mol. The van der Waals surface area contributed by atoms with Gasteiger partial charge >= 0.3 is 5.97 Å². The van der Waals surface area contributed by atoms with Gasteiger partial charge in [-0.25, -0.2) is 4.98 Å². The molecule has 0 saturated heterocycles. The Kier molecular flexibility index (Phi) is 4.34. The fraction of sp³-hybridized carbons (Fsp3) is 0.429. The van der Waals surface area contributed by atoms with Crippen molar-refractivity contribution in [2.45, 2.75) is 25.7 Å². The third-order valence-electron chi connectivity index (χ3n) is 2.96. The maximum Gasteiger partial charge on any atom is 0.305 e. The number of methoxy groups -OCH3 is 1. The van der Waals surface area contributed by atoms with Gasteiger partial charge in [0.15, 0.2) is 0 Å². The summed E-state index contributed by atoms with van der Waals surface area (Å²) in [5.74, 6) is 0.822. The molecule has 2 heterocycles. The number of aromatic nitrogens is 1. The minimum atomic E-state index is -0.139. The van der Waals surface area contributed by atoms with E-state index in [0.29, 0.717) is 6.42 Å². The van der Waals surface area contributed by atoms with Gasteiger partial charge in [0.05, 0.1) is 7.11 Å². The van der Waals surface area contributed by atoms with E-state index in [1.54, 1.807) is 0 Å². The number of anilines is 1. The quantitative estimate of drug-likeness (QED) is 0.640. The van der Waals surface area contributed by atoms with Crippen LogP contribution in [0.15, 0.2) is 18.2 Å². The van der Waals surface area contributed by atoms with Gasteiger partial charge in [-0.1, -0.05) is 12.2 Å². The molecule has 0 amide bonds. The van der Waals surface area contributed by atoms with Crippen molar-refractivity contribution in [1.82, 2.24) is 4.98 Å². The summed E-state index contributed by atoms with van der Waals surface area (Å²) in [6.45, 7) is 0.839. The number of fused-ring (bicyclic) bond motifs is 1. The van der Waals surface area contributed by atoms with E-state index in [4.69, 9.17) is 0 Å². The van der Waals surface area contributed by atoms with E-state index in [1.165, 1.54) is 7.11 Å². The maximum atomic E-state index is 11.0. The zero-order valence-corrected chi connectivity index (χ0v) is 10.6. The van der Waals surface area contributed by atoms with E-state index < -0.39 is 0 Å². The molecule has 4 heteroatoms. The minimum absolute atomic E-state index is 0.139. The number of unbranched alkanes of at least 4 members (excludes halogenated alkanes) is 1. The monoisotopic (exact) mass is 246 g/mol. The number of aryl methyl sites for hydroxylation is 1. The number of nitrogens with zero attached hydrogens (tertiary/aromatic N) is 1. The van der Waals surface area contributed by atoms with E-state index in [2.05, 4.69) is 33.3 Å². The van der Waals surface area contributed by atoms with Crippen molar-refractivity contribution in [3.05, 3.63) is 29.5 Å². The van der Waals surface area contributed by atoms with Gasteiger partial charge in [-0.2, -0.15) is 0 Å². The molecular weight excluding hydrogens is 228 g/mol. The molecule has 0 saturated carbocycles. The number of hydrogen-bond acceptors (Lipinski definition) is 4. The van der Waals surface area contributed by atoms with Gasteiger partial charge in [-0.05, 0) is 31.4 Å². The van der Waals surface area contributed by atoms with Crippen LogP contribution >= 0.6 is 0 Å². The zero-order valence-electron chi connectivity index (χ0n) is 10.6. The highest BCUT2D eigenvalue weighted by Gasteiger charge is 2.06. The summed E-state index contributed by atoms with van der Waals surface area (Å²) in [5, 5.41) is 3.25. The molecule has 1 aliphatic heterocycles. The van der Waals surface area contributed by atoms with Crippen molar-refractivity contribution >= 4 is 17.9 Å². The molecule has 0 spiro atoms. The summed E-state index contributed by atoms with van der Waals surface area (Å²) in [6.07, 6.45) is 7.35. The molecule has 1 N–H and O–H groups in total. The molecule has 0 aromatic carbocycles. The predicted octanol–water partition coefficient (Wildman–Crippen LogP) is 2.41. The molecule has 0 bridgehead atoms. The number of pyridine rings is 1. The Labute approximate surface area is 107 Å².